The minimum atomic E-state index is -3.28. The number of morpholine rings is 1. The van der Waals surface area contributed by atoms with E-state index in [0.29, 0.717) is 26.1 Å². The minimum Gasteiger partial charge on any atom is -0.371 e. The first-order valence-electron chi connectivity index (χ1n) is 6.73. The maximum absolute atomic E-state index is 12.4. The number of rotatable bonds is 5. The Morgan fingerprint density at radius 2 is 2.10 bits per heavy atom. The zero-order chi connectivity index (χ0) is 14.6. The number of hydrogen-bond acceptors (Lipinski definition) is 5. The zero-order valence-electron chi connectivity index (χ0n) is 11.6. The predicted molar refractivity (Wildman–Crippen MR) is 76.7 cm³/mol. The van der Waals surface area contributed by atoms with E-state index in [0.717, 1.165) is 5.56 Å². The average Bonchev–Trinajstić information content (AvgIpc) is 2.45. The molecule has 1 aliphatic heterocycles. The van der Waals surface area contributed by atoms with Crippen molar-refractivity contribution in [2.24, 2.45) is 5.73 Å². The Morgan fingerprint density at radius 3 is 2.75 bits per heavy atom. The summed E-state index contributed by atoms with van der Waals surface area (Å²) in [6.45, 7) is 2.95. The van der Waals surface area contributed by atoms with Crippen molar-refractivity contribution in [2.45, 2.75) is 25.6 Å². The first-order chi connectivity index (χ1) is 9.51. The molecule has 7 heteroatoms. The first-order valence-corrected chi connectivity index (χ1v) is 8.34. The van der Waals surface area contributed by atoms with Crippen LogP contribution in [0.5, 0.6) is 0 Å². The van der Waals surface area contributed by atoms with Crippen molar-refractivity contribution in [1.82, 2.24) is 9.29 Å². The predicted octanol–water partition coefficient (Wildman–Crippen LogP) is 0.00190. The van der Waals surface area contributed by atoms with E-state index in [1.165, 1.54) is 4.31 Å². The molecule has 1 aromatic heterocycles. The molecule has 1 fully saturated rings. The van der Waals surface area contributed by atoms with Gasteiger partial charge in [0.1, 0.15) is 0 Å². The number of nitrogens with two attached hydrogens (primary N) is 1. The molecule has 0 aromatic carbocycles. The third kappa shape index (κ3) is 3.99. The maximum Gasteiger partial charge on any atom is 0.214 e. The van der Waals surface area contributed by atoms with Crippen LogP contribution in [-0.2, 0) is 21.2 Å². The zero-order valence-corrected chi connectivity index (χ0v) is 12.4. The Kier molecular flexibility index (Phi) is 5.09. The summed E-state index contributed by atoms with van der Waals surface area (Å²) in [5.41, 5.74) is 6.56. The SMILES string of the molecule is CC1CN(S(=O)(=O)CCc2ccncc2)CC(CN)O1. The quantitative estimate of drug-likeness (QED) is 0.827. The standard InChI is InChI=1S/C13H21N3O3S/c1-11-9-16(10-13(8-14)19-11)20(17,18)7-4-12-2-5-15-6-3-12/h2-3,5-6,11,13H,4,7-10,14H2,1H3. The van der Waals surface area contributed by atoms with Gasteiger partial charge in [0, 0.05) is 32.0 Å². The molecule has 2 atom stereocenters. The number of aryl methyl sites for hydroxylation is 1. The van der Waals surface area contributed by atoms with Gasteiger partial charge in [-0.2, -0.15) is 4.31 Å². The van der Waals surface area contributed by atoms with Crippen LogP contribution in [0.25, 0.3) is 0 Å². The summed E-state index contributed by atoms with van der Waals surface area (Å²) in [4.78, 5) is 3.92. The van der Waals surface area contributed by atoms with E-state index in [1.54, 1.807) is 12.4 Å². The lowest BCUT2D eigenvalue weighted by molar-refractivity contribution is -0.0486. The Labute approximate surface area is 120 Å². The van der Waals surface area contributed by atoms with Crippen molar-refractivity contribution in [3.8, 4) is 0 Å². The third-order valence-electron chi connectivity index (χ3n) is 3.35. The summed E-state index contributed by atoms with van der Waals surface area (Å²) in [5.74, 6) is 0.0982. The summed E-state index contributed by atoms with van der Waals surface area (Å²) >= 11 is 0. The fourth-order valence-corrected chi connectivity index (χ4v) is 3.87. The van der Waals surface area contributed by atoms with Gasteiger partial charge in [0.2, 0.25) is 10.0 Å². The molecule has 0 saturated carbocycles. The molecule has 2 N–H and O–H groups in total. The van der Waals surface area contributed by atoms with Gasteiger partial charge in [0.05, 0.1) is 18.0 Å². The highest BCUT2D eigenvalue weighted by atomic mass is 32.2. The van der Waals surface area contributed by atoms with Crippen molar-refractivity contribution < 1.29 is 13.2 Å². The molecule has 1 aliphatic rings. The van der Waals surface area contributed by atoms with E-state index in [9.17, 15) is 8.42 Å². The summed E-state index contributed by atoms with van der Waals surface area (Å²) in [5, 5.41) is 0. The van der Waals surface area contributed by atoms with Crippen molar-refractivity contribution in [3.05, 3.63) is 30.1 Å². The van der Waals surface area contributed by atoms with Crippen molar-refractivity contribution in [1.29, 1.82) is 0 Å². The molecular formula is C13H21N3O3S. The molecule has 0 amide bonds. The topological polar surface area (TPSA) is 85.5 Å². The normalized spacial score (nSPS) is 24.7. The Balaban J connectivity index is 1.99. The van der Waals surface area contributed by atoms with Crippen LogP contribution in [0.2, 0.25) is 0 Å². The number of nitrogens with zero attached hydrogens (tertiary/aromatic N) is 2. The lowest BCUT2D eigenvalue weighted by Gasteiger charge is -2.35. The van der Waals surface area contributed by atoms with E-state index >= 15 is 0 Å². The van der Waals surface area contributed by atoms with Crippen LogP contribution in [0, 0.1) is 0 Å². The van der Waals surface area contributed by atoms with Gasteiger partial charge in [-0.05, 0) is 31.0 Å². The molecule has 20 heavy (non-hydrogen) atoms. The van der Waals surface area contributed by atoms with E-state index in [4.69, 9.17) is 10.5 Å². The molecule has 2 heterocycles. The smallest absolute Gasteiger partial charge is 0.214 e. The molecule has 6 nitrogen and oxygen atoms in total. The molecule has 112 valence electrons. The molecule has 2 unspecified atom stereocenters. The second-order valence-corrected chi connectivity index (χ2v) is 7.13. The Bertz CT molecular complexity index is 521. The number of sulfonamides is 1. The van der Waals surface area contributed by atoms with Crippen molar-refractivity contribution in [2.75, 3.05) is 25.4 Å². The fourth-order valence-electron chi connectivity index (χ4n) is 2.29. The van der Waals surface area contributed by atoms with Crippen molar-refractivity contribution >= 4 is 10.0 Å². The molecule has 0 aliphatic carbocycles. The summed E-state index contributed by atoms with van der Waals surface area (Å²) in [7, 11) is -3.28. The van der Waals surface area contributed by atoms with Crippen molar-refractivity contribution in [3.63, 3.8) is 0 Å². The number of pyridine rings is 1. The van der Waals surface area contributed by atoms with Gasteiger partial charge in [-0.1, -0.05) is 0 Å². The van der Waals surface area contributed by atoms with Crippen LogP contribution in [0.3, 0.4) is 0 Å². The van der Waals surface area contributed by atoms with Gasteiger partial charge >= 0.3 is 0 Å². The Morgan fingerprint density at radius 1 is 1.40 bits per heavy atom. The molecule has 2 rings (SSSR count). The minimum absolute atomic E-state index is 0.0982. The molecule has 0 bridgehead atoms. The molecule has 0 spiro atoms. The molecule has 0 radical (unpaired) electrons. The van der Waals surface area contributed by atoms with Gasteiger partial charge < -0.3 is 10.5 Å². The maximum atomic E-state index is 12.4. The lowest BCUT2D eigenvalue weighted by atomic mass is 10.2. The van der Waals surface area contributed by atoms with E-state index in [2.05, 4.69) is 4.98 Å². The highest BCUT2D eigenvalue weighted by molar-refractivity contribution is 7.89. The summed E-state index contributed by atoms with van der Waals surface area (Å²) in [6.07, 6.45) is 3.50. The highest BCUT2D eigenvalue weighted by Gasteiger charge is 2.31. The Hall–Kier alpha value is -1.02. The van der Waals surface area contributed by atoms with Crippen LogP contribution < -0.4 is 5.73 Å². The third-order valence-corrected chi connectivity index (χ3v) is 5.15. The van der Waals surface area contributed by atoms with E-state index in [-0.39, 0.29) is 18.0 Å². The monoisotopic (exact) mass is 299 g/mol. The second-order valence-electron chi connectivity index (χ2n) is 5.04. The second kappa shape index (κ2) is 6.62. The number of hydrogen-bond donors (Lipinski definition) is 1. The largest absolute Gasteiger partial charge is 0.371 e. The lowest BCUT2D eigenvalue weighted by Crippen LogP contribution is -2.51. The first kappa shape index (κ1) is 15.4. The fraction of sp³-hybridized carbons (Fsp3) is 0.615. The average molecular weight is 299 g/mol. The van der Waals surface area contributed by atoms with Crippen LogP contribution >= 0.6 is 0 Å². The van der Waals surface area contributed by atoms with Gasteiger partial charge in [-0.25, -0.2) is 8.42 Å². The van der Waals surface area contributed by atoms with Crippen LogP contribution in [0.1, 0.15) is 12.5 Å². The summed E-state index contributed by atoms with van der Waals surface area (Å²) in [6, 6.07) is 3.67. The van der Waals surface area contributed by atoms with Gasteiger partial charge in [0.15, 0.2) is 0 Å². The highest BCUT2D eigenvalue weighted by Crippen LogP contribution is 2.15. The molecule has 1 aromatic rings. The van der Waals surface area contributed by atoms with Gasteiger partial charge in [-0.3, -0.25) is 4.98 Å². The molecule has 1 saturated heterocycles. The molecular weight excluding hydrogens is 278 g/mol. The number of aromatic nitrogens is 1. The van der Waals surface area contributed by atoms with Crippen LogP contribution in [0.15, 0.2) is 24.5 Å². The van der Waals surface area contributed by atoms with Gasteiger partial charge in [-0.15, -0.1) is 0 Å². The van der Waals surface area contributed by atoms with E-state index in [1.807, 2.05) is 19.1 Å². The van der Waals surface area contributed by atoms with Crippen LogP contribution in [0.4, 0.5) is 0 Å². The number of ether oxygens (including phenoxy) is 1. The summed E-state index contributed by atoms with van der Waals surface area (Å²) < 4.78 is 31.8. The van der Waals surface area contributed by atoms with E-state index < -0.39 is 10.0 Å². The van der Waals surface area contributed by atoms with Crippen LogP contribution in [-0.4, -0.2) is 55.3 Å². The van der Waals surface area contributed by atoms with Gasteiger partial charge in [0.25, 0.3) is 0 Å².